The van der Waals surface area contributed by atoms with E-state index in [0.717, 1.165) is 13.0 Å². The molecule has 0 heterocycles. The molecular weight excluding hydrogens is 284 g/mol. The summed E-state index contributed by atoms with van der Waals surface area (Å²) in [6, 6.07) is 0. The van der Waals surface area contributed by atoms with Crippen LogP contribution in [0.2, 0.25) is 16.6 Å². The highest BCUT2D eigenvalue weighted by atomic mass is 35.5. The highest BCUT2D eigenvalue weighted by Gasteiger charge is 2.45. The number of rotatable bonds is 9. The number of hydrogen-bond donors (Lipinski definition) is 0. The summed E-state index contributed by atoms with van der Waals surface area (Å²) < 4.78 is 6.65. The van der Waals surface area contributed by atoms with Gasteiger partial charge >= 0.3 is 0 Å². The van der Waals surface area contributed by atoms with E-state index in [4.69, 9.17) is 16.0 Å². The lowest BCUT2D eigenvalue weighted by molar-refractivity contribution is 0.210. The smallest absolute Gasteiger partial charge is 0.200 e. The topological polar surface area (TPSA) is 9.23 Å². The molecule has 0 unspecified atom stereocenters. The van der Waals surface area contributed by atoms with E-state index in [1.165, 1.54) is 0 Å². The molecule has 0 amide bonds. The minimum absolute atomic E-state index is 0.250. The van der Waals surface area contributed by atoms with Crippen LogP contribution in [0, 0.1) is 11.8 Å². The number of hydrogen-bond acceptors (Lipinski definition) is 1. The van der Waals surface area contributed by atoms with Gasteiger partial charge in [-0.05, 0) is 41.8 Å². The van der Waals surface area contributed by atoms with Crippen molar-refractivity contribution >= 4 is 19.9 Å². The summed E-state index contributed by atoms with van der Waals surface area (Å²) in [6.07, 6.45) is 1.16. The fourth-order valence-corrected chi connectivity index (χ4v) is 9.35. The van der Waals surface area contributed by atoms with Gasteiger partial charge in [0.15, 0.2) is 8.32 Å². The third-order valence-electron chi connectivity index (χ3n) is 4.88. The van der Waals surface area contributed by atoms with Crippen LogP contribution in [0.4, 0.5) is 0 Å². The Balaban J connectivity index is 4.70. The molecule has 1 nitrogen and oxygen atoms in total. The van der Waals surface area contributed by atoms with Gasteiger partial charge in [0.05, 0.1) is 0 Å². The largest absolute Gasteiger partial charge is 0.416 e. The van der Waals surface area contributed by atoms with Gasteiger partial charge in [0.2, 0.25) is 0 Å². The molecule has 0 rings (SSSR count). The Labute approximate surface area is 133 Å². The second-order valence-electron chi connectivity index (χ2n) is 7.62. The Bertz CT molecular complexity index is 242. The summed E-state index contributed by atoms with van der Waals surface area (Å²) in [7, 11) is -1.70. The molecule has 0 saturated carbocycles. The van der Waals surface area contributed by atoms with Crippen LogP contribution in [0.5, 0.6) is 0 Å². The lowest BCUT2D eigenvalue weighted by Crippen LogP contribution is -2.48. The van der Waals surface area contributed by atoms with E-state index in [1.54, 1.807) is 0 Å². The molecule has 122 valence electrons. The van der Waals surface area contributed by atoms with Crippen LogP contribution in [-0.2, 0) is 4.43 Å². The predicted molar refractivity (Wildman–Crippen MR) is 95.3 cm³/mol. The third kappa shape index (κ3) is 5.34. The normalized spacial score (nSPS) is 17.9. The molecule has 0 aliphatic carbocycles. The highest BCUT2D eigenvalue weighted by molar-refractivity contribution is 6.77. The molecule has 0 aromatic rings. The minimum Gasteiger partial charge on any atom is -0.416 e. The molecule has 0 saturated heterocycles. The van der Waals surface area contributed by atoms with Gasteiger partial charge in [-0.3, -0.25) is 0 Å². The first-order valence-electron chi connectivity index (χ1n) is 8.33. The summed E-state index contributed by atoms with van der Waals surface area (Å²) in [5.41, 5.74) is 2.00. The Kier molecular flexibility index (Phi) is 9.01. The summed E-state index contributed by atoms with van der Waals surface area (Å²) in [4.78, 5) is 0. The lowest BCUT2D eigenvalue weighted by atomic mass is 9.96. The summed E-state index contributed by atoms with van der Waals surface area (Å²) in [5.74, 6) is 1.15. The Morgan fingerprint density at radius 2 is 1.20 bits per heavy atom. The van der Waals surface area contributed by atoms with Gasteiger partial charge in [0.1, 0.15) is 0 Å². The minimum atomic E-state index is -1.70. The van der Waals surface area contributed by atoms with Gasteiger partial charge in [-0.2, -0.15) is 0 Å². The van der Waals surface area contributed by atoms with Crippen molar-refractivity contribution in [3.8, 4) is 0 Å². The number of halogens is 1. The lowest BCUT2D eigenvalue weighted by Gasteiger charge is -2.43. The van der Waals surface area contributed by atoms with Crippen molar-refractivity contribution in [1.82, 2.24) is 0 Å². The van der Waals surface area contributed by atoms with Crippen molar-refractivity contribution < 1.29 is 4.43 Å². The average Bonchev–Trinajstić information content (AvgIpc) is 2.27. The Morgan fingerprint density at radius 1 is 0.800 bits per heavy atom. The van der Waals surface area contributed by atoms with Crippen LogP contribution in [0.25, 0.3) is 0 Å². The van der Waals surface area contributed by atoms with Crippen LogP contribution < -0.4 is 0 Å². The molecule has 0 fully saturated rings. The van der Waals surface area contributed by atoms with Crippen molar-refractivity contribution in [2.75, 3.05) is 6.61 Å². The third-order valence-corrected chi connectivity index (χ3v) is 11.4. The van der Waals surface area contributed by atoms with E-state index < -0.39 is 8.32 Å². The molecule has 3 heteroatoms. The molecule has 0 aliphatic heterocycles. The summed E-state index contributed by atoms with van der Waals surface area (Å²) in [6.45, 7) is 21.6. The van der Waals surface area contributed by atoms with Gasteiger partial charge in [-0.15, -0.1) is 11.6 Å². The maximum Gasteiger partial charge on any atom is 0.200 e. The molecule has 0 aliphatic rings. The molecule has 0 radical (unpaired) electrons. The van der Waals surface area contributed by atoms with Crippen molar-refractivity contribution in [2.45, 2.75) is 90.7 Å². The van der Waals surface area contributed by atoms with Gasteiger partial charge in [-0.1, -0.05) is 55.4 Å². The van der Waals surface area contributed by atoms with Crippen LogP contribution in [0.1, 0.15) is 68.7 Å². The highest BCUT2D eigenvalue weighted by Crippen LogP contribution is 2.42. The first-order valence-corrected chi connectivity index (χ1v) is 10.9. The second kappa shape index (κ2) is 8.80. The molecule has 0 N–H and O–H groups in total. The predicted octanol–water partition coefficient (Wildman–Crippen LogP) is 6.47. The van der Waals surface area contributed by atoms with Crippen molar-refractivity contribution in [2.24, 2.45) is 11.8 Å². The Hall–Kier alpha value is 0.467. The van der Waals surface area contributed by atoms with Gasteiger partial charge in [-0.25, -0.2) is 0 Å². The van der Waals surface area contributed by atoms with Gasteiger partial charge in [0, 0.05) is 12.0 Å². The van der Waals surface area contributed by atoms with Crippen molar-refractivity contribution in [1.29, 1.82) is 0 Å². The second-order valence-corrected chi connectivity index (χ2v) is 13.8. The molecule has 0 aromatic heterocycles. The van der Waals surface area contributed by atoms with Gasteiger partial charge < -0.3 is 4.43 Å². The van der Waals surface area contributed by atoms with Crippen LogP contribution in [-0.4, -0.2) is 20.3 Å². The van der Waals surface area contributed by atoms with E-state index >= 15 is 0 Å². The zero-order valence-electron chi connectivity index (χ0n) is 15.2. The maximum atomic E-state index is 6.65. The summed E-state index contributed by atoms with van der Waals surface area (Å²) >= 11 is 6.18. The van der Waals surface area contributed by atoms with E-state index in [1.807, 2.05) is 0 Å². The van der Waals surface area contributed by atoms with Crippen molar-refractivity contribution in [3.05, 3.63) is 0 Å². The molecule has 0 bridgehead atoms. The zero-order chi connectivity index (χ0) is 16.1. The maximum absolute atomic E-state index is 6.65. The summed E-state index contributed by atoms with van der Waals surface area (Å²) in [5, 5.41) is 0.250. The van der Waals surface area contributed by atoms with E-state index in [2.05, 4.69) is 62.3 Å². The van der Waals surface area contributed by atoms with E-state index in [9.17, 15) is 0 Å². The van der Waals surface area contributed by atoms with E-state index in [-0.39, 0.29) is 5.38 Å². The first-order chi connectivity index (χ1) is 9.05. The quantitative estimate of drug-likeness (QED) is 0.349. The average molecular weight is 321 g/mol. The molecular formula is C17H37ClOSi. The van der Waals surface area contributed by atoms with Crippen LogP contribution >= 0.6 is 11.6 Å². The standard InChI is InChI=1S/C17H37ClOSi/c1-12(2)20(13(3)4,14(5)6)19-11-15(7)10-16(8)17(9)18/h12-17H,10-11H2,1-9H3/t15-,16-,17-/m0/s1. The van der Waals surface area contributed by atoms with Crippen LogP contribution in [0.3, 0.4) is 0 Å². The Morgan fingerprint density at radius 3 is 1.50 bits per heavy atom. The monoisotopic (exact) mass is 320 g/mol. The molecule has 20 heavy (non-hydrogen) atoms. The van der Waals surface area contributed by atoms with E-state index in [0.29, 0.717) is 28.5 Å². The number of alkyl halides is 1. The molecule has 0 spiro atoms. The SMILES string of the molecule is CC(C)[Si](OC[C@@H](C)C[C@H](C)[C@H](C)Cl)(C(C)C)C(C)C. The molecule has 0 aromatic carbocycles. The first kappa shape index (κ1) is 20.5. The fraction of sp³-hybridized carbons (Fsp3) is 1.00. The van der Waals surface area contributed by atoms with Crippen LogP contribution in [0.15, 0.2) is 0 Å². The fourth-order valence-electron chi connectivity index (χ4n) is 3.68. The van der Waals surface area contributed by atoms with Crippen molar-refractivity contribution in [3.63, 3.8) is 0 Å². The zero-order valence-corrected chi connectivity index (χ0v) is 16.9. The molecule has 3 atom stereocenters. The van der Waals surface area contributed by atoms with Gasteiger partial charge in [0.25, 0.3) is 0 Å².